The van der Waals surface area contributed by atoms with Crippen molar-refractivity contribution < 1.29 is 23.5 Å². The fraction of sp³-hybridized carbons (Fsp3) is 0.130. The highest BCUT2D eigenvalue weighted by Crippen LogP contribution is 2.21. The molecule has 0 bridgehead atoms. The van der Waals surface area contributed by atoms with Gasteiger partial charge < -0.3 is 14.8 Å². The van der Waals surface area contributed by atoms with Gasteiger partial charge in [0.05, 0.1) is 13.5 Å². The number of esters is 1. The van der Waals surface area contributed by atoms with Gasteiger partial charge in [0.2, 0.25) is 6.10 Å². The van der Waals surface area contributed by atoms with Gasteiger partial charge in [0, 0.05) is 11.3 Å². The monoisotopic (exact) mass is 393 g/mol. The summed E-state index contributed by atoms with van der Waals surface area (Å²) < 4.78 is 23.7. The van der Waals surface area contributed by atoms with Crippen LogP contribution in [0, 0.1) is 5.82 Å². The average molecular weight is 393 g/mol. The van der Waals surface area contributed by atoms with E-state index in [0.29, 0.717) is 17.0 Å². The molecule has 5 nitrogen and oxygen atoms in total. The molecule has 0 aliphatic rings. The molecular formula is C23H20FNO4. The minimum absolute atomic E-state index is 0.0111. The summed E-state index contributed by atoms with van der Waals surface area (Å²) in [6, 6.07) is 21.1. The Bertz CT molecular complexity index is 956. The number of hydrogen-bond donors (Lipinski definition) is 1. The summed E-state index contributed by atoms with van der Waals surface area (Å²) in [5, 5.41) is 2.65. The standard InChI is InChI=1S/C23H20FNO4/c1-28-20-13-7-16(8-14-20)15-21(26)29-22(17-5-3-2-4-6-17)23(27)25-19-11-9-18(24)10-12-19/h2-14,22H,15H2,1H3,(H,25,27)/t22-/m1/s1. The summed E-state index contributed by atoms with van der Waals surface area (Å²) in [6.07, 6.45) is -1.12. The highest BCUT2D eigenvalue weighted by molar-refractivity contribution is 5.96. The number of anilines is 1. The molecule has 29 heavy (non-hydrogen) atoms. The molecule has 0 saturated heterocycles. The third kappa shape index (κ3) is 5.65. The third-order valence-corrected chi connectivity index (χ3v) is 4.21. The van der Waals surface area contributed by atoms with Gasteiger partial charge in [-0.1, -0.05) is 42.5 Å². The van der Waals surface area contributed by atoms with Crippen LogP contribution >= 0.6 is 0 Å². The Morgan fingerprint density at radius 1 is 0.931 bits per heavy atom. The zero-order chi connectivity index (χ0) is 20.6. The molecule has 0 spiro atoms. The van der Waals surface area contributed by atoms with Crippen molar-refractivity contribution in [1.29, 1.82) is 0 Å². The first kappa shape index (κ1) is 20.1. The van der Waals surface area contributed by atoms with Crippen LogP contribution in [0.15, 0.2) is 78.9 Å². The fourth-order valence-corrected chi connectivity index (χ4v) is 2.72. The molecule has 0 aliphatic heterocycles. The van der Waals surface area contributed by atoms with Crippen molar-refractivity contribution in [3.05, 3.63) is 95.8 Å². The number of rotatable bonds is 7. The number of amides is 1. The quantitative estimate of drug-likeness (QED) is 0.608. The first-order valence-corrected chi connectivity index (χ1v) is 8.99. The second kappa shape index (κ2) is 9.50. The Balaban J connectivity index is 1.73. The SMILES string of the molecule is COc1ccc(CC(=O)O[C@@H](C(=O)Nc2ccc(F)cc2)c2ccccc2)cc1. The predicted molar refractivity (Wildman–Crippen MR) is 107 cm³/mol. The molecule has 3 rings (SSSR count). The van der Waals surface area contributed by atoms with Crippen LogP contribution in [-0.4, -0.2) is 19.0 Å². The second-order valence-electron chi connectivity index (χ2n) is 6.30. The average Bonchev–Trinajstić information content (AvgIpc) is 2.75. The topological polar surface area (TPSA) is 64.6 Å². The van der Waals surface area contributed by atoms with Gasteiger partial charge in [-0.15, -0.1) is 0 Å². The minimum atomic E-state index is -1.13. The molecular weight excluding hydrogens is 373 g/mol. The number of carbonyl (C=O) groups is 2. The van der Waals surface area contributed by atoms with Gasteiger partial charge in [-0.05, 0) is 42.0 Å². The van der Waals surface area contributed by atoms with Crippen LogP contribution in [0.1, 0.15) is 17.2 Å². The summed E-state index contributed by atoms with van der Waals surface area (Å²) in [6.45, 7) is 0. The molecule has 1 atom stereocenters. The predicted octanol–water partition coefficient (Wildman–Crippen LogP) is 4.30. The van der Waals surface area contributed by atoms with Crippen LogP contribution < -0.4 is 10.1 Å². The van der Waals surface area contributed by atoms with Crippen LogP contribution in [0.25, 0.3) is 0 Å². The molecule has 6 heteroatoms. The van der Waals surface area contributed by atoms with E-state index in [1.807, 2.05) is 0 Å². The molecule has 0 aromatic heterocycles. The molecule has 0 aliphatic carbocycles. The first-order chi connectivity index (χ1) is 14.0. The van der Waals surface area contributed by atoms with Gasteiger partial charge in [-0.2, -0.15) is 0 Å². The summed E-state index contributed by atoms with van der Waals surface area (Å²) in [7, 11) is 1.56. The van der Waals surface area contributed by atoms with Gasteiger partial charge >= 0.3 is 5.97 Å². The van der Waals surface area contributed by atoms with E-state index >= 15 is 0 Å². The summed E-state index contributed by atoms with van der Waals surface area (Å²) in [5.41, 5.74) is 1.68. The van der Waals surface area contributed by atoms with Gasteiger partial charge in [0.25, 0.3) is 5.91 Å². The maximum Gasteiger partial charge on any atom is 0.311 e. The van der Waals surface area contributed by atoms with Crippen LogP contribution in [0.4, 0.5) is 10.1 Å². The van der Waals surface area contributed by atoms with Crippen molar-refractivity contribution in [2.45, 2.75) is 12.5 Å². The van der Waals surface area contributed by atoms with E-state index < -0.39 is 23.8 Å². The van der Waals surface area contributed by atoms with Gasteiger partial charge in [0.1, 0.15) is 11.6 Å². The maximum atomic E-state index is 13.1. The molecule has 0 fully saturated rings. The largest absolute Gasteiger partial charge is 0.497 e. The Kier molecular flexibility index (Phi) is 6.58. The van der Waals surface area contributed by atoms with Crippen molar-refractivity contribution in [2.75, 3.05) is 12.4 Å². The van der Waals surface area contributed by atoms with Gasteiger partial charge in [-0.25, -0.2) is 4.39 Å². The van der Waals surface area contributed by atoms with Gasteiger partial charge in [0.15, 0.2) is 0 Å². The van der Waals surface area contributed by atoms with E-state index in [1.54, 1.807) is 61.7 Å². The fourth-order valence-electron chi connectivity index (χ4n) is 2.72. The van der Waals surface area contributed by atoms with E-state index in [2.05, 4.69) is 5.32 Å². The Morgan fingerprint density at radius 3 is 2.21 bits per heavy atom. The highest BCUT2D eigenvalue weighted by Gasteiger charge is 2.25. The number of hydrogen-bond acceptors (Lipinski definition) is 4. The molecule has 0 heterocycles. The van der Waals surface area contributed by atoms with E-state index in [-0.39, 0.29) is 6.42 Å². The highest BCUT2D eigenvalue weighted by atomic mass is 19.1. The normalized spacial score (nSPS) is 11.4. The van der Waals surface area contributed by atoms with E-state index in [9.17, 15) is 14.0 Å². The lowest BCUT2D eigenvalue weighted by molar-refractivity contribution is -0.154. The van der Waals surface area contributed by atoms with Crippen molar-refractivity contribution in [1.82, 2.24) is 0 Å². The van der Waals surface area contributed by atoms with Crippen molar-refractivity contribution in [2.24, 2.45) is 0 Å². The zero-order valence-corrected chi connectivity index (χ0v) is 15.8. The maximum absolute atomic E-state index is 13.1. The lowest BCUT2D eigenvalue weighted by Crippen LogP contribution is -2.26. The van der Waals surface area contributed by atoms with E-state index in [4.69, 9.17) is 9.47 Å². The second-order valence-corrected chi connectivity index (χ2v) is 6.30. The number of halogens is 1. The summed E-state index contributed by atoms with van der Waals surface area (Å²) >= 11 is 0. The molecule has 1 amide bonds. The van der Waals surface area contributed by atoms with Gasteiger partial charge in [-0.3, -0.25) is 9.59 Å². The third-order valence-electron chi connectivity index (χ3n) is 4.21. The summed E-state index contributed by atoms with van der Waals surface area (Å²) in [4.78, 5) is 25.2. The molecule has 0 saturated carbocycles. The van der Waals surface area contributed by atoms with E-state index in [0.717, 1.165) is 5.56 Å². The van der Waals surface area contributed by atoms with Crippen LogP contribution in [0.3, 0.4) is 0 Å². The summed E-state index contributed by atoms with van der Waals surface area (Å²) in [5.74, 6) is -0.791. The smallest absolute Gasteiger partial charge is 0.311 e. The minimum Gasteiger partial charge on any atom is -0.497 e. The number of carbonyl (C=O) groups excluding carboxylic acids is 2. The number of ether oxygens (including phenoxy) is 2. The molecule has 3 aromatic rings. The molecule has 0 radical (unpaired) electrons. The lowest BCUT2D eigenvalue weighted by atomic mass is 10.1. The lowest BCUT2D eigenvalue weighted by Gasteiger charge is -2.18. The van der Waals surface area contributed by atoms with Crippen molar-refractivity contribution in [3.63, 3.8) is 0 Å². The number of nitrogens with one attached hydrogen (secondary N) is 1. The van der Waals surface area contributed by atoms with Crippen LogP contribution in [0.2, 0.25) is 0 Å². The van der Waals surface area contributed by atoms with E-state index in [1.165, 1.54) is 24.3 Å². The molecule has 1 N–H and O–H groups in total. The first-order valence-electron chi connectivity index (χ1n) is 8.99. The molecule has 3 aromatic carbocycles. The zero-order valence-electron chi connectivity index (χ0n) is 15.8. The number of benzene rings is 3. The van der Waals surface area contributed by atoms with Crippen molar-refractivity contribution in [3.8, 4) is 5.75 Å². The Labute approximate surface area is 168 Å². The van der Waals surface area contributed by atoms with Crippen LogP contribution in [0.5, 0.6) is 5.75 Å². The van der Waals surface area contributed by atoms with Crippen molar-refractivity contribution >= 4 is 17.6 Å². The number of methoxy groups -OCH3 is 1. The molecule has 0 unspecified atom stereocenters. The Hall–Kier alpha value is -3.67. The Morgan fingerprint density at radius 2 is 1.59 bits per heavy atom. The van der Waals surface area contributed by atoms with Crippen LogP contribution in [-0.2, 0) is 20.7 Å². The molecule has 148 valence electrons.